The summed E-state index contributed by atoms with van der Waals surface area (Å²) >= 11 is 6.10. The van der Waals surface area contributed by atoms with Gasteiger partial charge in [0.05, 0.1) is 6.10 Å². The summed E-state index contributed by atoms with van der Waals surface area (Å²) in [6.07, 6.45) is 6.45. The van der Waals surface area contributed by atoms with Crippen molar-refractivity contribution in [3.8, 4) is 0 Å². The predicted octanol–water partition coefficient (Wildman–Crippen LogP) is 4.46. The lowest BCUT2D eigenvalue weighted by atomic mass is 9.92. The van der Waals surface area contributed by atoms with Crippen molar-refractivity contribution in [1.29, 1.82) is 0 Å². The van der Waals surface area contributed by atoms with Crippen molar-refractivity contribution in [2.24, 2.45) is 5.92 Å². The maximum absolute atomic E-state index is 6.10. The molecule has 2 nitrogen and oxygen atoms in total. The minimum Gasteiger partial charge on any atom is -0.378 e. The van der Waals surface area contributed by atoms with Gasteiger partial charge < -0.3 is 10.1 Å². The van der Waals surface area contributed by atoms with Crippen LogP contribution in [0.1, 0.15) is 45.1 Å². The number of benzene rings is 1. The van der Waals surface area contributed by atoms with Crippen LogP contribution in [0, 0.1) is 5.92 Å². The van der Waals surface area contributed by atoms with Gasteiger partial charge in [-0.15, -0.1) is 0 Å². The van der Waals surface area contributed by atoms with Crippen LogP contribution < -0.4 is 5.32 Å². The Morgan fingerprint density at radius 1 is 1.38 bits per heavy atom. The highest BCUT2D eigenvalue weighted by Crippen LogP contribution is 2.22. The van der Waals surface area contributed by atoms with Crippen molar-refractivity contribution < 1.29 is 4.74 Å². The van der Waals surface area contributed by atoms with E-state index >= 15 is 0 Å². The SMILES string of the molecule is CC(C)NCC(CCC1CCCO1)Cc1cccc(Cl)c1. The fourth-order valence-electron chi connectivity index (χ4n) is 2.97. The molecule has 0 radical (unpaired) electrons. The molecule has 2 atom stereocenters. The van der Waals surface area contributed by atoms with E-state index < -0.39 is 0 Å². The Kier molecular flexibility index (Phi) is 7.01. The van der Waals surface area contributed by atoms with Crippen molar-refractivity contribution in [1.82, 2.24) is 5.32 Å². The van der Waals surface area contributed by atoms with E-state index in [-0.39, 0.29) is 0 Å². The predicted molar refractivity (Wildman–Crippen MR) is 90.0 cm³/mol. The Morgan fingerprint density at radius 2 is 2.24 bits per heavy atom. The largest absolute Gasteiger partial charge is 0.378 e. The maximum atomic E-state index is 6.10. The van der Waals surface area contributed by atoms with Gasteiger partial charge in [0.25, 0.3) is 0 Å². The second-order valence-electron chi connectivity index (χ2n) is 6.48. The first-order valence-electron chi connectivity index (χ1n) is 8.23. The molecule has 0 spiro atoms. The van der Waals surface area contributed by atoms with Crippen LogP contribution >= 0.6 is 11.6 Å². The van der Waals surface area contributed by atoms with Crippen molar-refractivity contribution >= 4 is 11.6 Å². The number of hydrogen-bond acceptors (Lipinski definition) is 2. The molecule has 1 heterocycles. The molecule has 1 saturated heterocycles. The molecule has 118 valence electrons. The molecule has 2 unspecified atom stereocenters. The number of halogens is 1. The quantitative estimate of drug-likeness (QED) is 0.765. The molecule has 3 heteroatoms. The molecule has 1 N–H and O–H groups in total. The average molecular weight is 310 g/mol. The van der Waals surface area contributed by atoms with Crippen molar-refractivity contribution in [2.45, 2.75) is 58.1 Å². The highest BCUT2D eigenvalue weighted by Gasteiger charge is 2.18. The van der Waals surface area contributed by atoms with Gasteiger partial charge in [-0.05, 0) is 62.3 Å². The topological polar surface area (TPSA) is 21.3 Å². The van der Waals surface area contributed by atoms with E-state index in [1.54, 1.807) is 0 Å². The molecule has 21 heavy (non-hydrogen) atoms. The molecule has 1 aromatic rings. The minimum atomic E-state index is 0.492. The van der Waals surface area contributed by atoms with Crippen LogP contribution in [0.4, 0.5) is 0 Å². The first-order chi connectivity index (χ1) is 10.1. The van der Waals surface area contributed by atoms with E-state index in [1.807, 2.05) is 12.1 Å². The first kappa shape index (κ1) is 16.8. The average Bonchev–Trinajstić information content (AvgIpc) is 2.95. The monoisotopic (exact) mass is 309 g/mol. The number of rotatable bonds is 8. The summed E-state index contributed by atoms with van der Waals surface area (Å²) < 4.78 is 5.76. The van der Waals surface area contributed by atoms with Crippen LogP contribution in [0.3, 0.4) is 0 Å². The highest BCUT2D eigenvalue weighted by molar-refractivity contribution is 6.30. The lowest BCUT2D eigenvalue weighted by molar-refractivity contribution is 0.0978. The third-order valence-electron chi connectivity index (χ3n) is 4.15. The maximum Gasteiger partial charge on any atom is 0.0576 e. The zero-order chi connectivity index (χ0) is 15.1. The van der Waals surface area contributed by atoms with E-state index in [4.69, 9.17) is 16.3 Å². The van der Waals surface area contributed by atoms with Gasteiger partial charge in [-0.1, -0.05) is 37.6 Å². The highest BCUT2D eigenvalue weighted by atomic mass is 35.5. The lowest BCUT2D eigenvalue weighted by Crippen LogP contribution is -2.30. The molecule has 1 aliphatic rings. The van der Waals surface area contributed by atoms with Crippen LogP contribution in [-0.2, 0) is 11.2 Å². The van der Waals surface area contributed by atoms with Crippen LogP contribution in [0.2, 0.25) is 5.02 Å². The Bertz CT molecular complexity index is 415. The molecule has 0 saturated carbocycles. The summed E-state index contributed by atoms with van der Waals surface area (Å²) in [7, 11) is 0. The zero-order valence-electron chi connectivity index (χ0n) is 13.3. The summed E-state index contributed by atoms with van der Waals surface area (Å²) in [5, 5.41) is 4.42. The number of hydrogen-bond donors (Lipinski definition) is 1. The molecular weight excluding hydrogens is 282 g/mol. The van der Waals surface area contributed by atoms with Crippen molar-refractivity contribution in [3.63, 3.8) is 0 Å². The van der Waals surface area contributed by atoms with E-state index in [0.717, 1.165) is 24.6 Å². The number of nitrogens with one attached hydrogen (secondary N) is 1. The van der Waals surface area contributed by atoms with Gasteiger partial charge in [0.2, 0.25) is 0 Å². The Balaban J connectivity index is 1.87. The molecule has 1 fully saturated rings. The standard InChI is InChI=1S/C18H28ClNO/c1-14(2)20-13-16(8-9-18-7-4-10-21-18)11-15-5-3-6-17(19)12-15/h3,5-6,12,14,16,18,20H,4,7-11,13H2,1-2H3. The second-order valence-corrected chi connectivity index (χ2v) is 6.91. The van der Waals surface area contributed by atoms with E-state index in [2.05, 4.69) is 31.3 Å². The summed E-state index contributed by atoms with van der Waals surface area (Å²) in [5.74, 6) is 0.648. The van der Waals surface area contributed by atoms with Gasteiger partial charge in [0.15, 0.2) is 0 Å². The third kappa shape index (κ3) is 6.37. The van der Waals surface area contributed by atoms with Crippen molar-refractivity contribution in [3.05, 3.63) is 34.9 Å². The number of ether oxygens (including phenoxy) is 1. The van der Waals surface area contributed by atoms with Crippen LogP contribution in [-0.4, -0.2) is 25.3 Å². The zero-order valence-corrected chi connectivity index (χ0v) is 14.0. The van der Waals surface area contributed by atoms with E-state index in [9.17, 15) is 0 Å². The van der Waals surface area contributed by atoms with Gasteiger partial charge in [-0.25, -0.2) is 0 Å². The summed E-state index contributed by atoms with van der Waals surface area (Å²) in [5.41, 5.74) is 1.34. The van der Waals surface area contributed by atoms with E-state index in [0.29, 0.717) is 18.1 Å². The smallest absolute Gasteiger partial charge is 0.0576 e. The van der Waals surface area contributed by atoms with Crippen LogP contribution in [0.25, 0.3) is 0 Å². The van der Waals surface area contributed by atoms with Crippen LogP contribution in [0.15, 0.2) is 24.3 Å². The summed E-state index contributed by atoms with van der Waals surface area (Å²) in [4.78, 5) is 0. The molecule has 1 aromatic carbocycles. The molecule has 2 rings (SSSR count). The normalized spacial score (nSPS) is 20.1. The van der Waals surface area contributed by atoms with Gasteiger partial charge in [-0.2, -0.15) is 0 Å². The van der Waals surface area contributed by atoms with E-state index in [1.165, 1.54) is 31.2 Å². The van der Waals surface area contributed by atoms with Crippen LogP contribution in [0.5, 0.6) is 0 Å². The first-order valence-corrected chi connectivity index (χ1v) is 8.60. The van der Waals surface area contributed by atoms with Gasteiger partial charge in [0, 0.05) is 17.7 Å². The molecule has 0 aliphatic carbocycles. The molecule has 0 amide bonds. The molecule has 0 bridgehead atoms. The Labute approximate surface area is 134 Å². The van der Waals surface area contributed by atoms with Crippen molar-refractivity contribution in [2.75, 3.05) is 13.2 Å². The molecular formula is C18H28ClNO. The second kappa shape index (κ2) is 8.77. The summed E-state index contributed by atoms with van der Waals surface area (Å²) in [6, 6.07) is 8.80. The molecule has 1 aliphatic heterocycles. The third-order valence-corrected chi connectivity index (χ3v) is 4.38. The van der Waals surface area contributed by atoms with Gasteiger partial charge in [0.1, 0.15) is 0 Å². The fourth-order valence-corrected chi connectivity index (χ4v) is 3.18. The van der Waals surface area contributed by atoms with Gasteiger partial charge in [-0.3, -0.25) is 0 Å². The minimum absolute atomic E-state index is 0.492. The lowest BCUT2D eigenvalue weighted by Gasteiger charge is -2.21. The Hall–Kier alpha value is -0.570. The Morgan fingerprint density at radius 3 is 2.90 bits per heavy atom. The van der Waals surface area contributed by atoms with Gasteiger partial charge >= 0.3 is 0 Å². The fraction of sp³-hybridized carbons (Fsp3) is 0.667. The molecule has 0 aromatic heterocycles. The summed E-state index contributed by atoms with van der Waals surface area (Å²) in [6.45, 7) is 6.43.